The zero-order valence-electron chi connectivity index (χ0n) is 19.1. The Labute approximate surface area is 182 Å². The zero-order valence-corrected chi connectivity index (χ0v) is 19.1. The summed E-state index contributed by atoms with van der Waals surface area (Å²) >= 11 is 0. The lowest BCUT2D eigenvalue weighted by atomic mass is 9.93. The molecule has 7 nitrogen and oxygen atoms in total. The predicted octanol–water partition coefficient (Wildman–Crippen LogP) is 4.80. The molecule has 1 aliphatic rings. The molecule has 1 unspecified atom stereocenters. The summed E-state index contributed by atoms with van der Waals surface area (Å²) in [7, 11) is 0. The van der Waals surface area contributed by atoms with Gasteiger partial charge in [-0.25, -0.2) is 9.31 Å². The molecule has 1 aliphatic heterocycles. The first-order valence-electron chi connectivity index (χ1n) is 11.2. The summed E-state index contributed by atoms with van der Waals surface area (Å²) in [6.45, 7) is 11.2. The lowest BCUT2D eigenvalue weighted by Gasteiger charge is -2.33. The number of benzene rings is 1. The summed E-state index contributed by atoms with van der Waals surface area (Å²) in [5.74, 6) is 0.533. The van der Waals surface area contributed by atoms with Gasteiger partial charge in [-0.3, -0.25) is 4.79 Å². The van der Waals surface area contributed by atoms with E-state index in [1.807, 2.05) is 37.4 Å². The molecule has 1 aromatic carbocycles. The molecule has 166 valence electrons. The highest BCUT2D eigenvalue weighted by Gasteiger charge is 2.29. The van der Waals surface area contributed by atoms with E-state index in [2.05, 4.69) is 24.9 Å². The number of likely N-dealkylation sites (tertiary alicyclic amines) is 1. The molecule has 1 amide bonds. The molecule has 0 spiro atoms. The first-order chi connectivity index (χ1) is 14.7. The van der Waals surface area contributed by atoms with Crippen molar-refractivity contribution in [3.63, 3.8) is 0 Å². The van der Waals surface area contributed by atoms with Crippen molar-refractivity contribution < 1.29 is 9.53 Å². The number of ether oxygens (including phenoxy) is 1. The molecule has 1 N–H and O–H groups in total. The van der Waals surface area contributed by atoms with Crippen LogP contribution in [0.15, 0.2) is 29.1 Å². The first-order valence-corrected chi connectivity index (χ1v) is 11.2. The Morgan fingerprint density at radius 3 is 2.65 bits per heavy atom. The number of aromatic nitrogens is 3. The summed E-state index contributed by atoms with van der Waals surface area (Å²) in [4.78, 5) is 29.8. The van der Waals surface area contributed by atoms with E-state index in [0.29, 0.717) is 19.0 Å². The number of hydrogen-bond acceptors (Lipinski definition) is 4. The number of carbonyl (C=O) groups is 1. The Morgan fingerprint density at radius 1 is 1.29 bits per heavy atom. The Bertz CT molecular complexity index is 1160. The van der Waals surface area contributed by atoms with E-state index in [4.69, 9.17) is 9.84 Å². The minimum absolute atomic E-state index is 0.113. The highest BCUT2D eigenvalue weighted by Crippen LogP contribution is 2.33. The fourth-order valence-corrected chi connectivity index (χ4v) is 4.42. The molecule has 1 saturated heterocycles. The van der Waals surface area contributed by atoms with Crippen LogP contribution < -0.4 is 5.56 Å². The molecule has 1 atom stereocenters. The SMILES string of the molecule is CCC(C)c1cccc2nn3c(C4CCN(C(=O)OC(C)(C)C)CC4)cc(=O)[nH]c3c12. The van der Waals surface area contributed by atoms with Crippen molar-refractivity contribution in [1.29, 1.82) is 0 Å². The summed E-state index contributed by atoms with van der Waals surface area (Å²) in [6.07, 6.45) is 2.28. The van der Waals surface area contributed by atoms with Gasteiger partial charge >= 0.3 is 6.09 Å². The van der Waals surface area contributed by atoms with Crippen molar-refractivity contribution in [3.05, 3.63) is 45.9 Å². The normalized spacial score (nSPS) is 16.7. The lowest BCUT2D eigenvalue weighted by Crippen LogP contribution is -2.41. The number of fused-ring (bicyclic) bond motifs is 3. The molecule has 0 aliphatic carbocycles. The van der Waals surface area contributed by atoms with Crippen LogP contribution in [0.5, 0.6) is 0 Å². The summed E-state index contributed by atoms with van der Waals surface area (Å²) in [6, 6.07) is 7.83. The average Bonchev–Trinajstić information content (AvgIpc) is 3.10. The van der Waals surface area contributed by atoms with Gasteiger partial charge in [0, 0.05) is 30.5 Å². The van der Waals surface area contributed by atoms with Gasteiger partial charge in [0.05, 0.1) is 11.2 Å². The Kier molecular flexibility index (Phi) is 5.54. The van der Waals surface area contributed by atoms with Gasteiger partial charge in [-0.1, -0.05) is 26.0 Å². The number of aromatic amines is 1. The van der Waals surface area contributed by atoms with Crippen LogP contribution in [-0.4, -0.2) is 44.3 Å². The predicted molar refractivity (Wildman–Crippen MR) is 122 cm³/mol. The van der Waals surface area contributed by atoms with E-state index in [0.717, 1.165) is 41.5 Å². The number of piperidine rings is 1. The van der Waals surface area contributed by atoms with Crippen LogP contribution in [0.3, 0.4) is 0 Å². The highest BCUT2D eigenvalue weighted by molar-refractivity contribution is 5.95. The number of hydrogen-bond donors (Lipinski definition) is 1. The van der Waals surface area contributed by atoms with E-state index in [1.165, 1.54) is 5.56 Å². The number of nitrogens with zero attached hydrogens (tertiary/aromatic N) is 3. The average molecular weight is 425 g/mol. The van der Waals surface area contributed by atoms with Gasteiger partial charge in [-0.05, 0) is 57.6 Å². The van der Waals surface area contributed by atoms with Gasteiger partial charge in [-0.15, -0.1) is 0 Å². The topological polar surface area (TPSA) is 79.7 Å². The van der Waals surface area contributed by atoms with Gasteiger partial charge in [0.2, 0.25) is 0 Å². The number of nitrogens with one attached hydrogen (secondary N) is 1. The summed E-state index contributed by atoms with van der Waals surface area (Å²) in [5, 5.41) is 5.88. The van der Waals surface area contributed by atoms with E-state index in [9.17, 15) is 9.59 Å². The molecule has 0 saturated carbocycles. The molecule has 3 heterocycles. The number of carbonyl (C=O) groups excluding carboxylic acids is 1. The van der Waals surface area contributed by atoms with Gasteiger partial charge in [0.25, 0.3) is 5.56 Å². The number of amides is 1. The lowest BCUT2D eigenvalue weighted by molar-refractivity contribution is 0.0203. The fourth-order valence-electron chi connectivity index (χ4n) is 4.42. The van der Waals surface area contributed by atoms with Crippen LogP contribution in [0.25, 0.3) is 16.6 Å². The number of H-pyrrole nitrogens is 1. The maximum Gasteiger partial charge on any atom is 0.410 e. The van der Waals surface area contributed by atoms with Crippen molar-refractivity contribution in [1.82, 2.24) is 19.5 Å². The molecule has 7 heteroatoms. The molecule has 0 radical (unpaired) electrons. The van der Waals surface area contributed by atoms with Crippen LogP contribution in [0, 0.1) is 0 Å². The third-order valence-corrected chi connectivity index (χ3v) is 6.20. The highest BCUT2D eigenvalue weighted by atomic mass is 16.6. The smallest absolute Gasteiger partial charge is 0.410 e. The van der Waals surface area contributed by atoms with Gasteiger partial charge in [-0.2, -0.15) is 5.10 Å². The van der Waals surface area contributed by atoms with Crippen molar-refractivity contribution in [2.75, 3.05) is 13.1 Å². The van der Waals surface area contributed by atoms with Gasteiger partial charge in [0.1, 0.15) is 11.2 Å². The minimum atomic E-state index is -0.505. The summed E-state index contributed by atoms with van der Waals surface area (Å²) in [5.41, 5.74) is 3.17. The molecule has 2 aromatic heterocycles. The van der Waals surface area contributed by atoms with E-state index < -0.39 is 5.60 Å². The summed E-state index contributed by atoms with van der Waals surface area (Å²) < 4.78 is 7.42. The molecular weight excluding hydrogens is 392 g/mol. The molecule has 0 bridgehead atoms. The van der Waals surface area contributed by atoms with Crippen molar-refractivity contribution in [2.45, 2.75) is 71.3 Å². The quantitative estimate of drug-likeness (QED) is 0.655. The second kappa shape index (κ2) is 8.02. The van der Waals surface area contributed by atoms with Crippen LogP contribution >= 0.6 is 0 Å². The Balaban J connectivity index is 1.68. The van der Waals surface area contributed by atoms with Gasteiger partial charge in [0.15, 0.2) is 0 Å². The molecule has 31 heavy (non-hydrogen) atoms. The van der Waals surface area contributed by atoms with Crippen LogP contribution in [0.4, 0.5) is 4.79 Å². The van der Waals surface area contributed by atoms with Gasteiger partial charge < -0.3 is 14.6 Å². The number of rotatable bonds is 3. The van der Waals surface area contributed by atoms with Crippen molar-refractivity contribution in [2.24, 2.45) is 0 Å². The second-order valence-corrected chi connectivity index (χ2v) is 9.61. The van der Waals surface area contributed by atoms with Crippen LogP contribution in [0.2, 0.25) is 0 Å². The van der Waals surface area contributed by atoms with Crippen molar-refractivity contribution >= 4 is 22.6 Å². The Morgan fingerprint density at radius 2 is 2.00 bits per heavy atom. The Hall–Kier alpha value is -2.83. The fraction of sp³-hybridized carbons (Fsp3) is 0.542. The maximum atomic E-state index is 12.6. The van der Waals surface area contributed by atoms with Crippen LogP contribution in [0.1, 0.15) is 77.0 Å². The maximum absolute atomic E-state index is 12.6. The second-order valence-electron chi connectivity index (χ2n) is 9.61. The first kappa shape index (κ1) is 21.4. The standard InChI is InChI=1S/C24H32N4O3/c1-6-15(2)17-8-7-9-18-21(17)22-25-20(29)14-19(28(22)26-18)16-10-12-27(13-11-16)23(30)31-24(3,4)5/h7-9,14-16H,6,10-13H2,1-5H3,(H,25,29). The molecule has 1 fully saturated rings. The molecular formula is C24H32N4O3. The minimum Gasteiger partial charge on any atom is -0.444 e. The zero-order chi connectivity index (χ0) is 22.3. The monoisotopic (exact) mass is 424 g/mol. The molecule has 4 rings (SSSR count). The third kappa shape index (κ3) is 4.18. The van der Waals surface area contributed by atoms with E-state index >= 15 is 0 Å². The van der Waals surface area contributed by atoms with Crippen LogP contribution in [-0.2, 0) is 4.74 Å². The third-order valence-electron chi connectivity index (χ3n) is 6.20. The molecule has 3 aromatic rings. The van der Waals surface area contributed by atoms with E-state index in [-0.39, 0.29) is 17.6 Å². The van der Waals surface area contributed by atoms with E-state index in [1.54, 1.807) is 11.0 Å². The van der Waals surface area contributed by atoms with Crippen molar-refractivity contribution in [3.8, 4) is 0 Å². The largest absolute Gasteiger partial charge is 0.444 e.